The lowest BCUT2D eigenvalue weighted by Crippen LogP contribution is -1.99. The lowest BCUT2D eigenvalue weighted by atomic mass is 10.1. The fourth-order valence-corrected chi connectivity index (χ4v) is 1.59. The van der Waals surface area contributed by atoms with E-state index in [4.69, 9.17) is 22.3 Å². The minimum Gasteiger partial charge on any atom is -0.507 e. The third-order valence-corrected chi connectivity index (χ3v) is 2.30. The molecule has 0 unspecified atom stereocenters. The molecule has 0 aliphatic heterocycles. The summed E-state index contributed by atoms with van der Waals surface area (Å²) in [7, 11) is 0. The zero-order chi connectivity index (χ0) is 13.4. The summed E-state index contributed by atoms with van der Waals surface area (Å²) in [6.45, 7) is 2.93. The van der Waals surface area contributed by atoms with Crippen molar-refractivity contribution < 1.29 is 14.6 Å². The van der Waals surface area contributed by atoms with Gasteiger partial charge in [-0.3, -0.25) is 0 Å². The number of ether oxygens (including phenoxy) is 2. The topological polar surface area (TPSA) is 38.7 Å². The number of aryl methyl sites for hydroxylation is 1. The molecule has 0 atom stereocenters. The van der Waals surface area contributed by atoms with Crippen LogP contribution in [0, 0.1) is 31.6 Å². The maximum Gasteiger partial charge on any atom is 0.126 e. The van der Waals surface area contributed by atoms with Gasteiger partial charge in [0.05, 0.1) is 13.2 Å². The first-order valence-electron chi connectivity index (χ1n) is 5.52. The third kappa shape index (κ3) is 4.14. The van der Waals surface area contributed by atoms with E-state index in [9.17, 15) is 5.11 Å². The van der Waals surface area contributed by atoms with Crippen molar-refractivity contribution in [1.82, 2.24) is 0 Å². The van der Waals surface area contributed by atoms with Crippen molar-refractivity contribution in [3.8, 4) is 30.4 Å². The van der Waals surface area contributed by atoms with E-state index in [0.717, 1.165) is 5.56 Å². The van der Waals surface area contributed by atoms with Gasteiger partial charge in [-0.2, -0.15) is 0 Å². The number of hydrogen-bond acceptors (Lipinski definition) is 3. The van der Waals surface area contributed by atoms with E-state index in [1.165, 1.54) is 0 Å². The summed E-state index contributed by atoms with van der Waals surface area (Å²) in [6.07, 6.45) is 10.2. The van der Waals surface area contributed by atoms with E-state index < -0.39 is 0 Å². The van der Waals surface area contributed by atoms with E-state index in [1.54, 1.807) is 0 Å². The van der Waals surface area contributed by atoms with Crippen molar-refractivity contribution in [2.75, 3.05) is 13.2 Å². The number of benzene rings is 1. The van der Waals surface area contributed by atoms with Crippen LogP contribution in [0.15, 0.2) is 12.1 Å². The minimum absolute atomic E-state index is 0.176. The maximum atomic E-state index is 10.0. The van der Waals surface area contributed by atoms with Gasteiger partial charge in [0.1, 0.15) is 19.0 Å². The van der Waals surface area contributed by atoms with E-state index in [1.807, 2.05) is 19.1 Å². The van der Waals surface area contributed by atoms with Crippen LogP contribution in [0.5, 0.6) is 5.75 Å². The van der Waals surface area contributed by atoms with Crippen LogP contribution >= 0.6 is 0 Å². The van der Waals surface area contributed by atoms with Gasteiger partial charge in [-0.15, -0.1) is 12.8 Å². The zero-order valence-electron chi connectivity index (χ0n) is 10.4. The van der Waals surface area contributed by atoms with Crippen molar-refractivity contribution >= 4 is 0 Å². The smallest absolute Gasteiger partial charge is 0.126 e. The molecule has 1 aromatic rings. The Bertz CT molecular complexity index is 436. The average molecular weight is 244 g/mol. The van der Waals surface area contributed by atoms with Gasteiger partial charge in [0.2, 0.25) is 0 Å². The number of phenolic OH excluding ortho intramolecular Hbond substituents is 1. The van der Waals surface area contributed by atoms with E-state index >= 15 is 0 Å². The van der Waals surface area contributed by atoms with Crippen LogP contribution in [0.25, 0.3) is 0 Å². The molecule has 3 nitrogen and oxygen atoms in total. The molecule has 0 spiro atoms. The Hall–Kier alpha value is -1.94. The number of hydrogen-bond donors (Lipinski definition) is 1. The maximum absolute atomic E-state index is 10.0. The summed E-state index contributed by atoms with van der Waals surface area (Å²) in [4.78, 5) is 0. The summed E-state index contributed by atoms with van der Waals surface area (Å²) in [5.74, 6) is 4.93. The number of terminal acetylenes is 2. The molecule has 0 heterocycles. The highest BCUT2D eigenvalue weighted by Gasteiger charge is 2.09. The highest BCUT2D eigenvalue weighted by Crippen LogP contribution is 2.26. The Morgan fingerprint density at radius 2 is 1.50 bits per heavy atom. The van der Waals surface area contributed by atoms with Crippen molar-refractivity contribution in [1.29, 1.82) is 0 Å². The molecule has 94 valence electrons. The Labute approximate surface area is 108 Å². The van der Waals surface area contributed by atoms with Crippen molar-refractivity contribution in [3.05, 3.63) is 28.8 Å². The molecule has 1 aromatic carbocycles. The van der Waals surface area contributed by atoms with Crippen molar-refractivity contribution in [3.63, 3.8) is 0 Å². The normalized spacial score (nSPS) is 9.72. The van der Waals surface area contributed by atoms with Gasteiger partial charge in [0.25, 0.3) is 0 Å². The zero-order valence-corrected chi connectivity index (χ0v) is 10.4. The molecular weight excluding hydrogens is 228 g/mol. The molecule has 0 amide bonds. The van der Waals surface area contributed by atoms with Crippen LogP contribution in [0.1, 0.15) is 16.7 Å². The van der Waals surface area contributed by atoms with E-state index in [-0.39, 0.29) is 32.2 Å². The summed E-state index contributed by atoms with van der Waals surface area (Å²) < 4.78 is 10.4. The first-order chi connectivity index (χ1) is 8.69. The summed E-state index contributed by atoms with van der Waals surface area (Å²) in [6, 6.07) is 3.72. The number of aromatic hydroxyl groups is 1. The molecule has 0 fully saturated rings. The molecule has 3 heteroatoms. The Morgan fingerprint density at radius 3 is 1.89 bits per heavy atom. The Kier molecular flexibility index (Phi) is 5.80. The van der Waals surface area contributed by atoms with Crippen molar-refractivity contribution in [2.45, 2.75) is 20.1 Å². The van der Waals surface area contributed by atoms with Gasteiger partial charge in [0.15, 0.2) is 0 Å². The predicted octanol–water partition coefficient (Wildman–Crippen LogP) is 2.00. The predicted molar refractivity (Wildman–Crippen MR) is 69.8 cm³/mol. The van der Waals surface area contributed by atoms with Gasteiger partial charge in [-0.1, -0.05) is 29.5 Å². The lowest BCUT2D eigenvalue weighted by molar-refractivity contribution is 0.144. The Balaban J connectivity index is 2.79. The first-order valence-corrected chi connectivity index (χ1v) is 5.52. The van der Waals surface area contributed by atoms with Crippen LogP contribution in [0.3, 0.4) is 0 Å². The van der Waals surface area contributed by atoms with Crippen molar-refractivity contribution in [2.24, 2.45) is 0 Å². The number of phenols is 1. The fourth-order valence-electron chi connectivity index (χ4n) is 1.59. The van der Waals surface area contributed by atoms with Gasteiger partial charge >= 0.3 is 0 Å². The molecule has 0 saturated carbocycles. The lowest BCUT2D eigenvalue weighted by Gasteiger charge is -2.11. The van der Waals surface area contributed by atoms with Crippen LogP contribution in [0.2, 0.25) is 0 Å². The molecule has 0 saturated heterocycles. The van der Waals surface area contributed by atoms with Gasteiger partial charge in [-0.25, -0.2) is 0 Å². The van der Waals surface area contributed by atoms with Crippen LogP contribution in [0.4, 0.5) is 0 Å². The van der Waals surface area contributed by atoms with Crippen LogP contribution in [-0.2, 0) is 22.7 Å². The highest BCUT2D eigenvalue weighted by molar-refractivity contribution is 5.42. The van der Waals surface area contributed by atoms with Gasteiger partial charge in [-0.05, 0) is 6.92 Å². The quantitative estimate of drug-likeness (QED) is 0.614. The SMILES string of the molecule is C#CCOCc1cc(C)cc(COCC#C)c1O. The number of rotatable bonds is 6. The molecule has 0 radical (unpaired) electrons. The molecule has 1 rings (SSSR count). The standard InChI is InChI=1S/C15H16O3/c1-4-6-17-10-13-8-12(3)9-14(15(13)16)11-18-7-5-2/h1-2,8-9,16H,6-7,10-11H2,3H3. The monoisotopic (exact) mass is 244 g/mol. The molecule has 0 aliphatic carbocycles. The summed E-state index contributed by atoms with van der Waals surface area (Å²) >= 11 is 0. The second-order valence-electron chi connectivity index (χ2n) is 3.83. The van der Waals surface area contributed by atoms with Crippen LogP contribution < -0.4 is 0 Å². The fraction of sp³-hybridized carbons (Fsp3) is 0.333. The molecular formula is C15H16O3. The molecule has 1 N–H and O–H groups in total. The third-order valence-electron chi connectivity index (χ3n) is 2.30. The van der Waals surface area contributed by atoms with E-state index in [2.05, 4.69) is 11.8 Å². The largest absolute Gasteiger partial charge is 0.507 e. The molecule has 0 aliphatic rings. The Morgan fingerprint density at radius 1 is 1.06 bits per heavy atom. The highest BCUT2D eigenvalue weighted by atomic mass is 16.5. The summed E-state index contributed by atoms with van der Waals surface area (Å²) in [5.41, 5.74) is 2.42. The first kappa shape index (κ1) is 14.1. The average Bonchev–Trinajstić information content (AvgIpc) is 2.35. The molecule has 18 heavy (non-hydrogen) atoms. The van der Waals surface area contributed by atoms with E-state index in [0.29, 0.717) is 11.1 Å². The molecule has 0 aromatic heterocycles. The van der Waals surface area contributed by atoms with Gasteiger partial charge < -0.3 is 14.6 Å². The summed E-state index contributed by atoms with van der Waals surface area (Å²) in [5, 5.41) is 10.0. The second-order valence-corrected chi connectivity index (χ2v) is 3.83. The minimum atomic E-state index is 0.176. The van der Waals surface area contributed by atoms with Crippen LogP contribution in [-0.4, -0.2) is 18.3 Å². The van der Waals surface area contributed by atoms with Gasteiger partial charge in [0, 0.05) is 11.1 Å². The second kappa shape index (κ2) is 7.40. The molecule has 0 bridgehead atoms.